The van der Waals surface area contributed by atoms with E-state index in [2.05, 4.69) is 20.3 Å². The van der Waals surface area contributed by atoms with Gasteiger partial charge in [-0.25, -0.2) is 14.6 Å². The standard InChI is InChI=1S/C18H16Cl2N6O4S2/c1-29-16-14(26-5-11(24-25-26)17-23-13(20)7-31-17)15(28)12(6-27)30-18(16)32-8-2-9(19)10(3-21)22-4-8/h2,4-5,7,12,14-16,18,27-28H,6H2,1H3/t12?,14?,15?,16-,18?/m0/s1. The first kappa shape index (κ1) is 23.3. The van der Waals surface area contributed by atoms with Crippen LogP contribution in [0.4, 0.5) is 0 Å². The van der Waals surface area contributed by atoms with Crippen molar-refractivity contribution < 1.29 is 19.7 Å². The number of nitrogens with zero attached hydrogens (tertiary/aromatic N) is 6. The summed E-state index contributed by atoms with van der Waals surface area (Å²) in [6, 6.07) is 2.79. The lowest BCUT2D eigenvalue weighted by Crippen LogP contribution is -2.55. The highest BCUT2D eigenvalue weighted by molar-refractivity contribution is 7.99. The molecule has 4 heterocycles. The van der Waals surface area contributed by atoms with Gasteiger partial charge in [-0.15, -0.1) is 16.4 Å². The van der Waals surface area contributed by atoms with Gasteiger partial charge in [0.1, 0.15) is 51.7 Å². The summed E-state index contributed by atoms with van der Waals surface area (Å²) in [5.74, 6) is 0. The maximum atomic E-state index is 10.9. The van der Waals surface area contributed by atoms with E-state index in [1.54, 1.807) is 17.6 Å². The Hall–Kier alpha value is -1.82. The molecule has 1 fully saturated rings. The van der Waals surface area contributed by atoms with Gasteiger partial charge in [-0.3, -0.25) is 0 Å². The quantitative estimate of drug-likeness (QED) is 0.503. The summed E-state index contributed by atoms with van der Waals surface area (Å²) >= 11 is 14.6. The van der Waals surface area contributed by atoms with Crippen LogP contribution in [-0.4, -0.2) is 72.6 Å². The molecule has 14 heteroatoms. The van der Waals surface area contributed by atoms with Crippen LogP contribution in [0.1, 0.15) is 11.7 Å². The summed E-state index contributed by atoms with van der Waals surface area (Å²) in [5, 5.41) is 40.8. The van der Waals surface area contributed by atoms with Gasteiger partial charge in [0.25, 0.3) is 0 Å². The number of pyridine rings is 1. The van der Waals surface area contributed by atoms with E-state index >= 15 is 0 Å². The molecule has 4 rings (SSSR count). The van der Waals surface area contributed by atoms with E-state index in [-0.39, 0.29) is 10.7 Å². The highest BCUT2D eigenvalue weighted by Crippen LogP contribution is 2.40. The Morgan fingerprint density at radius 3 is 2.88 bits per heavy atom. The Balaban J connectivity index is 1.64. The van der Waals surface area contributed by atoms with Crippen molar-refractivity contribution in [2.45, 2.75) is 34.7 Å². The van der Waals surface area contributed by atoms with Crippen LogP contribution < -0.4 is 0 Å². The predicted octanol–water partition coefficient (Wildman–Crippen LogP) is 2.40. The number of rotatable bonds is 6. The summed E-state index contributed by atoms with van der Waals surface area (Å²) in [5.41, 5.74) is -0.0515. The van der Waals surface area contributed by atoms with Crippen LogP contribution in [0.5, 0.6) is 0 Å². The normalized spacial score (nSPS) is 25.6. The number of ether oxygens (including phenoxy) is 2. The fourth-order valence-electron chi connectivity index (χ4n) is 3.30. The Morgan fingerprint density at radius 1 is 1.44 bits per heavy atom. The molecule has 32 heavy (non-hydrogen) atoms. The molecule has 3 aromatic heterocycles. The minimum atomic E-state index is -1.13. The number of hydrogen-bond donors (Lipinski definition) is 2. The molecule has 0 bridgehead atoms. The van der Waals surface area contributed by atoms with Gasteiger partial charge in [0.05, 0.1) is 17.8 Å². The molecule has 1 saturated heterocycles. The van der Waals surface area contributed by atoms with Gasteiger partial charge in [0.2, 0.25) is 0 Å². The maximum absolute atomic E-state index is 10.9. The molecule has 0 saturated carbocycles. The van der Waals surface area contributed by atoms with Crippen molar-refractivity contribution in [1.82, 2.24) is 25.0 Å². The van der Waals surface area contributed by atoms with E-state index in [0.29, 0.717) is 20.8 Å². The summed E-state index contributed by atoms with van der Waals surface area (Å²) in [7, 11) is 1.49. The number of nitriles is 1. The average Bonchev–Trinajstić information content (AvgIpc) is 3.43. The molecule has 0 spiro atoms. The highest BCUT2D eigenvalue weighted by Gasteiger charge is 2.47. The zero-order valence-corrected chi connectivity index (χ0v) is 19.5. The Bertz CT molecular complexity index is 1140. The first-order valence-electron chi connectivity index (χ1n) is 9.17. The predicted molar refractivity (Wildman–Crippen MR) is 118 cm³/mol. The fourth-order valence-corrected chi connectivity index (χ4v) is 5.64. The van der Waals surface area contributed by atoms with Gasteiger partial charge < -0.3 is 19.7 Å². The Labute approximate surface area is 200 Å². The molecule has 1 aliphatic rings. The molecular weight excluding hydrogens is 499 g/mol. The molecule has 0 radical (unpaired) electrons. The lowest BCUT2D eigenvalue weighted by Gasteiger charge is -2.43. The van der Waals surface area contributed by atoms with Crippen molar-refractivity contribution in [2.24, 2.45) is 0 Å². The van der Waals surface area contributed by atoms with Crippen molar-refractivity contribution >= 4 is 46.3 Å². The first-order chi connectivity index (χ1) is 15.4. The zero-order valence-electron chi connectivity index (χ0n) is 16.4. The molecular formula is C18H16Cl2N6O4S2. The third-order valence-corrected chi connectivity index (χ3v) is 7.36. The number of aliphatic hydroxyl groups is 2. The van der Waals surface area contributed by atoms with Crippen LogP contribution in [-0.2, 0) is 9.47 Å². The number of thiazole rings is 1. The van der Waals surface area contributed by atoms with Crippen LogP contribution in [0.15, 0.2) is 28.7 Å². The smallest absolute Gasteiger partial charge is 0.159 e. The van der Waals surface area contributed by atoms with Crippen molar-refractivity contribution in [3.8, 4) is 16.8 Å². The zero-order chi connectivity index (χ0) is 22.8. The van der Waals surface area contributed by atoms with Crippen molar-refractivity contribution in [1.29, 1.82) is 5.26 Å². The monoisotopic (exact) mass is 514 g/mol. The van der Waals surface area contributed by atoms with E-state index < -0.39 is 36.4 Å². The minimum Gasteiger partial charge on any atom is -0.394 e. The Morgan fingerprint density at radius 2 is 2.25 bits per heavy atom. The molecule has 5 atom stereocenters. The van der Waals surface area contributed by atoms with Gasteiger partial charge in [0, 0.05) is 23.6 Å². The highest BCUT2D eigenvalue weighted by atomic mass is 35.5. The summed E-state index contributed by atoms with van der Waals surface area (Å²) in [6.07, 6.45) is 0.434. The number of halogens is 2. The van der Waals surface area contributed by atoms with Crippen LogP contribution >= 0.6 is 46.3 Å². The second kappa shape index (κ2) is 9.98. The molecule has 0 aromatic carbocycles. The van der Waals surface area contributed by atoms with Crippen LogP contribution in [0.25, 0.3) is 10.7 Å². The van der Waals surface area contributed by atoms with Crippen LogP contribution in [0, 0.1) is 11.3 Å². The largest absolute Gasteiger partial charge is 0.394 e. The van der Waals surface area contributed by atoms with Gasteiger partial charge in [-0.1, -0.05) is 40.2 Å². The number of aliphatic hydroxyl groups excluding tert-OH is 2. The number of thioether (sulfide) groups is 1. The average molecular weight is 515 g/mol. The van der Waals surface area contributed by atoms with Gasteiger partial charge in [-0.2, -0.15) is 5.26 Å². The number of aromatic nitrogens is 5. The van der Waals surface area contributed by atoms with E-state index in [4.69, 9.17) is 37.9 Å². The third-order valence-electron chi connectivity index (χ3n) is 4.78. The SMILES string of the molecule is CO[C@@H]1C(Sc2cnc(C#N)c(Cl)c2)OC(CO)C(O)C1n1cc(-c2nc(Cl)cs2)nn1. The van der Waals surface area contributed by atoms with Crippen LogP contribution in [0.2, 0.25) is 10.2 Å². The molecule has 1 aliphatic heterocycles. The minimum absolute atomic E-state index is 0.114. The molecule has 0 aliphatic carbocycles. The second-order valence-corrected chi connectivity index (χ2v) is 9.52. The molecule has 2 N–H and O–H groups in total. The molecule has 10 nitrogen and oxygen atoms in total. The summed E-state index contributed by atoms with van der Waals surface area (Å²) in [6.45, 7) is -0.415. The maximum Gasteiger partial charge on any atom is 0.159 e. The Kier molecular flexibility index (Phi) is 7.28. The molecule has 0 amide bonds. The van der Waals surface area contributed by atoms with Crippen molar-refractivity contribution in [3.05, 3.63) is 39.7 Å². The second-order valence-electron chi connectivity index (χ2n) is 6.70. The number of hydrogen-bond acceptors (Lipinski definition) is 11. The van der Waals surface area contributed by atoms with Gasteiger partial charge in [0.15, 0.2) is 5.69 Å². The molecule has 4 unspecified atom stereocenters. The van der Waals surface area contributed by atoms with Crippen LogP contribution in [0.3, 0.4) is 0 Å². The lowest BCUT2D eigenvalue weighted by atomic mass is 9.97. The van der Waals surface area contributed by atoms with Gasteiger partial charge in [-0.05, 0) is 6.07 Å². The number of methoxy groups -OCH3 is 1. The lowest BCUT2D eigenvalue weighted by molar-refractivity contribution is -0.186. The van der Waals surface area contributed by atoms with Crippen molar-refractivity contribution in [3.63, 3.8) is 0 Å². The topological polar surface area (TPSA) is 139 Å². The molecule has 3 aromatic rings. The van der Waals surface area contributed by atoms with Gasteiger partial charge >= 0.3 is 0 Å². The summed E-state index contributed by atoms with van der Waals surface area (Å²) < 4.78 is 13.1. The summed E-state index contributed by atoms with van der Waals surface area (Å²) in [4.78, 5) is 8.84. The molecule has 168 valence electrons. The van der Waals surface area contributed by atoms with Crippen molar-refractivity contribution in [2.75, 3.05) is 13.7 Å². The van der Waals surface area contributed by atoms with E-state index in [9.17, 15) is 10.2 Å². The van der Waals surface area contributed by atoms with E-state index in [0.717, 1.165) is 0 Å². The van der Waals surface area contributed by atoms with E-state index in [1.165, 1.54) is 41.1 Å². The third kappa shape index (κ3) is 4.61. The fraction of sp³-hybridized carbons (Fsp3) is 0.389. The first-order valence-corrected chi connectivity index (χ1v) is 11.7. The van der Waals surface area contributed by atoms with E-state index in [1.807, 2.05) is 6.07 Å².